The smallest absolute Gasteiger partial charge is 0.329 e. The molecule has 0 saturated carbocycles. The van der Waals surface area contributed by atoms with Crippen LogP contribution in [0.15, 0.2) is 70.8 Å². The topological polar surface area (TPSA) is 101 Å². The van der Waals surface area contributed by atoms with Crippen molar-refractivity contribution in [3.05, 3.63) is 77.7 Å². The van der Waals surface area contributed by atoms with Crippen LogP contribution in [0.2, 0.25) is 0 Å². The molecular formula is C24H21N3O5. The van der Waals surface area contributed by atoms with Gasteiger partial charge in [0.15, 0.2) is 0 Å². The lowest BCUT2D eigenvalue weighted by molar-refractivity contribution is -0.127. The molecule has 0 atom stereocenters. The van der Waals surface area contributed by atoms with Crippen LogP contribution in [0.3, 0.4) is 0 Å². The third-order valence-electron chi connectivity index (χ3n) is 4.87. The molecule has 1 aliphatic rings. The van der Waals surface area contributed by atoms with Crippen LogP contribution in [0.1, 0.15) is 11.3 Å². The van der Waals surface area contributed by atoms with E-state index in [1.54, 1.807) is 31.4 Å². The SMILES string of the molecule is COc1cccc(-c2ccc(C=C3NC(=O)N(CC(=O)Nc4ccc(C)cc4)C3=O)o2)c1. The average molecular weight is 431 g/mol. The fraction of sp³-hybridized carbons (Fsp3) is 0.125. The molecule has 8 heteroatoms. The van der Waals surface area contributed by atoms with E-state index in [-0.39, 0.29) is 5.70 Å². The molecule has 0 radical (unpaired) electrons. The third-order valence-corrected chi connectivity index (χ3v) is 4.87. The summed E-state index contributed by atoms with van der Waals surface area (Å²) in [7, 11) is 1.58. The highest BCUT2D eigenvalue weighted by Crippen LogP contribution is 2.27. The van der Waals surface area contributed by atoms with E-state index < -0.39 is 24.4 Å². The summed E-state index contributed by atoms with van der Waals surface area (Å²) in [6.07, 6.45) is 1.43. The van der Waals surface area contributed by atoms with Crippen LogP contribution in [-0.2, 0) is 9.59 Å². The number of aryl methyl sites for hydroxylation is 1. The second-order valence-electron chi connectivity index (χ2n) is 7.23. The van der Waals surface area contributed by atoms with Crippen molar-refractivity contribution in [3.8, 4) is 17.1 Å². The summed E-state index contributed by atoms with van der Waals surface area (Å²) >= 11 is 0. The van der Waals surface area contributed by atoms with E-state index in [9.17, 15) is 14.4 Å². The van der Waals surface area contributed by atoms with Crippen LogP contribution in [0.25, 0.3) is 17.4 Å². The Morgan fingerprint density at radius 1 is 1.12 bits per heavy atom. The van der Waals surface area contributed by atoms with Crippen molar-refractivity contribution < 1.29 is 23.5 Å². The Morgan fingerprint density at radius 2 is 1.91 bits per heavy atom. The predicted octanol–water partition coefficient (Wildman–Crippen LogP) is 3.80. The second-order valence-corrected chi connectivity index (χ2v) is 7.23. The number of urea groups is 1. The van der Waals surface area contributed by atoms with Crippen LogP contribution in [-0.4, -0.2) is 36.4 Å². The largest absolute Gasteiger partial charge is 0.497 e. The molecule has 2 heterocycles. The molecule has 1 aliphatic heterocycles. The molecule has 2 N–H and O–H groups in total. The zero-order chi connectivity index (χ0) is 22.7. The number of hydrogen-bond acceptors (Lipinski definition) is 5. The van der Waals surface area contributed by atoms with Crippen molar-refractivity contribution in [3.63, 3.8) is 0 Å². The first-order chi connectivity index (χ1) is 15.4. The Kier molecular flexibility index (Phi) is 5.76. The zero-order valence-electron chi connectivity index (χ0n) is 17.5. The van der Waals surface area contributed by atoms with E-state index in [2.05, 4.69) is 10.6 Å². The number of nitrogens with zero attached hydrogens (tertiary/aromatic N) is 1. The number of hydrogen-bond donors (Lipinski definition) is 2. The number of methoxy groups -OCH3 is 1. The number of imide groups is 1. The average Bonchev–Trinajstić information content (AvgIpc) is 3.36. The van der Waals surface area contributed by atoms with E-state index in [4.69, 9.17) is 9.15 Å². The van der Waals surface area contributed by atoms with Crippen LogP contribution in [0, 0.1) is 6.92 Å². The first-order valence-corrected chi connectivity index (χ1v) is 9.88. The van der Waals surface area contributed by atoms with Gasteiger partial charge in [-0.05, 0) is 43.3 Å². The molecule has 0 aliphatic carbocycles. The number of nitrogens with one attached hydrogen (secondary N) is 2. The molecule has 4 amide bonds. The van der Waals surface area contributed by atoms with Crippen LogP contribution < -0.4 is 15.4 Å². The molecule has 1 saturated heterocycles. The number of benzene rings is 2. The number of carbonyl (C=O) groups is 3. The summed E-state index contributed by atoms with van der Waals surface area (Å²) < 4.78 is 11.0. The van der Waals surface area contributed by atoms with Gasteiger partial charge in [0.1, 0.15) is 29.5 Å². The minimum atomic E-state index is -0.667. The zero-order valence-corrected chi connectivity index (χ0v) is 17.5. The van der Waals surface area contributed by atoms with Crippen molar-refractivity contribution >= 4 is 29.6 Å². The molecule has 162 valence electrons. The van der Waals surface area contributed by atoms with Gasteiger partial charge >= 0.3 is 6.03 Å². The van der Waals surface area contributed by atoms with Gasteiger partial charge in [0.25, 0.3) is 5.91 Å². The van der Waals surface area contributed by atoms with E-state index in [0.29, 0.717) is 23.0 Å². The molecule has 4 rings (SSSR count). The minimum Gasteiger partial charge on any atom is -0.497 e. The first kappa shape index (κ1) is 20.9. The van der Waals surface area contributed by atoms with Crippen molar-refractivity contribution in [2.24, 2.45) is 0 Å². The van der Waals surface area contributed by atoms with E-state index in [1.165, 1.54) is 6.08 Å². The molecule has 8 nitrogen and oxygen atoms in total. The van der Waals surface area contributed by atoms with Crippen molar-refractivity contribution in [2.75, 3.05) is 19.0 Å². The normalized spacial score (nSPS) is 14.6. The molecule has 32 heavy (non-hydrogen) atoms. The first-order valence-electron chi connectivity index (χ1n) is 9.88. The number of furan rings is 1. The minimum absolute atomic E-state index is 0.0321. The van der Waals surface area contributed by atoms with Gasteiger partial charge in [0.05, 0.1) is 7.11 Å². The maximum absolute atomic E-state index is 12.6. The number of anilines is 1. The van der Waals surface area contributed by atoms with Gasteiger partial charge in [-0.3, -0.25) is 9.59 Å². The number of amides is 4. The van der Waals surface area contributed by atoms with Gasteiger partial charge in [-0.15, -0.1) is 0 Å². The Bertz CT molecular complexity index is 1210. The van der Waals surface area contributed by atoms with Gasteiger partial charge in [0, 0.05) is 17.3 Å². The molecule has 0 bridgehead atoms. The second kappa shape index (κ2) is 8.81. The lowest BCUT2D eigenvalue weighted by Crippen LogP contribution is -2.38. The summed E-state index contributed by atoms with van der Waals surface area (Å²) in [5.74, 6) is 0.584. The predicted molar refractivity (Wildman–Crippen MR) is 119 cm³/mol. The van der Waals surface area contributed by atoms with Crippen LogP contribution >= 0.6 is 0 Å². The summed E-state index contributed by atoms with van der Waals surface area (Å²) in [5.41, 5.74) is 2.48. The highest BCUT2D eigenvalue weighted by atomic mass is 16.5. The summed E-state index contributed by atoms with van der Waals surface area (Å²) in [6.45, 7) is 1.54. The molecule has 1 aromatic heterocycles. The van der Waals surface area contributed by atoms with E-state index in [0.717, 1.165) is 16.0 Å². The molecule has 1 fully saturated rings. The Hall–Kier alpha value is -4.33. The Labute approximate surface area is 184 Å². The van der Waals surface area contributed by atoms with Crippen LogP contribution in [0.5, 0.6) is 5.75 Å². The van der Waals surface area contributed by atoms with Gasteiger partial charge in [0.2, 0.25) is 5.91 Å². The summed E-state index contributed by atoms with van der Waals surface area (Å²) in [5, 5.41) is 5.16. The summed E-state index contributed by atoms with van der Waals surface area (Å²) in [6, 6.07) is 17.4. The highest BCUT2D eigenvalue weighted by Gasteiger charge is 2.35. The fourth-order valence-electron chi connectivity index (χ4n) is 3.20. The van der Waals surface area contributed by atoms with E-state index in [1.807, 2.05) is 43.3 Å². The molecular weight excluding hydrogens is 410 g/mol. The van der Waals surface area contributed by atoms with Gasteiger partial charge in [-0.1, -0.05) is 29.8 Å². The maximum Gasteiger partial charge on any atom is 0.329 e. The van der Waals surface area contributed by atoms with Crippen LogP contribution in [0.4, 0.5) is 10.5 Å². The molecule has 2 aromatic carbocycles. The summed E-state index contributed by atoms with van der Waals surface area (Å²) in [4.78, 5) is 38.0. The molecule has 0 unspecified atom stereocenters. The lowest BCUT2D eigenvalue weighted by atomic mass is 10.2. The number of ether oxygens (including phenoxy) is 1. The quantitative estimate of drug-likeness (QED) is 0.457. The Balaban J connectivity index is 1.44. The van der Waals surface area contributed by atoms with Gasteiger partial charge in [-0.2, -0.15) is 0 Å². The van der Waals surface area contributed by atoms with Crippen molar-refractivity contribution in [1.29, 1.82) is 0 Å². The maximum atomic E-state index is 12.6. The molecule has 0 spiro atoms. The highest BCUT2D eigenvalue weighted by molar-refractivity contribution is 6.15. The number of rotatable bonds is 6. The fourth-order valence-corrected chi connectivity index (χ4v) is 3.20. The number of carbonyl (C=O) groups excluding carboxylic acids is 3. The van der Waals surface area contributed by atoms with Crippen molar-refractivity contribution in [1.82, 2.24) is 10.2 Å². The lowest BCUT2D eigenvalue weighted by Gasteiger charge is -2.12. The molecule has 3 aromatic rings. The monoisotopic (exact) mass is 431 g/mol. The Morgan fingerprint density at radius 3 is 2.66 bits per heavy atom. The van der Waals surface area contributed by atoms with Gasteiger partial charge < -0.3 is 19.8 Å². The van der Waals surface area contributed by atoms with Gasteiger partial charge in [-0.25, -0.2) is 9.69 Å². The standard InChI is InChI=1S/C24H21N3O5/c1-15-6-8-17(9-7-15)25-22(28)14-27-23(29)20(26-24(27)30)13-19-10-11-21(32-19)16-4-3-5-18(12-16)31-2/h3-13H,14H2,1-2H3,(H,25,28)(H,26,30). The van der Waals surface area contributed by atoms with Crippen molar-refractivity contribution in [2.45, 2.75) is 6.92 Å². The van der Waals surface area contributed by atoms with E-state index >= 15 is 0 Å². The third kappa shape index (κ3) is 4.54.